The lowest BCUT2D eigenvalue weighted by Crippen LogP contribution is -2.22. The van der Waals surface area contributed by atoms with Gasteiger partial charge < -0.3 is 0 Å². The summed E-state index contributed by atoms with van der Waals surface area (Å²) in [5.74, 6) is -1.08. The number of carbonyl (C=O) groups is 2. The van der Waals surface area contributed by atoms with Crippen molar-refractivity contribution in [1.82, 2.24) is 5.32 Å². The van der Waals surface area contributed by atoms with Gasteiger partial charge in [-0.1, -0.05) is 39.7 Å². The Morgan fingerprint density at radius 2 is 2.00 bits per heavy atom. The largest absolute Gasteiger partial charge is 0.295 e. The minimum Gasteiger partial charge on any atom is -0.295 e. The quantitative estimate of drug-likeness (QED) is 0.633. The maximum Gasteiger partial charge on any atom is 0.241 e. The van der Waals surface area contributed by atoms with Crippen molar-refractivity contribution in [3.05, 3.63) is 34.9 Å². The molecule has 3 nitrogen and oxygen atoms in total. The second-order valence-electron chi connectivity index (χ2n) is 3.29. The van der Waals surface area contributed by atoms with Crippen molar-refractivity contribution >= 4 is 39.3 Å². The summed E-state index contributed by atoms with van der Waals surface area (Å²) in [6.45, 7) is 0. The molecule has 1 aliphatic rings. The number of alkyl halides is 1. The molecule has 78 valence electrons. The molecular formula is C10H7BrClNO2. The van der Waals surface area contributed by atoms with Crippen molar-refractivity contribution in [3.8, 4) is 0 Å². The van der Waals surface area contributed by atoms with Gasteiger partial charge in [0.25, 0.3) is 0 Å². The molecule has 15 heavy (non-hydrogen) atoms. The Labute approximate surface area is 99.9 Å². The molecule has 2 unspecified atom stereocenters. The Hall–Kier alpha value is -0.870. The van der Waals surface area contributed by atoms with Gasteiger partial charge in [-0.15, -0.1) is 0 Å². The maximum atomic E-state index is 11.5. The summed E-state index contributed by atoms with van der Waals surface area (Å²) in [6.07, 6.45) is 0. The number of amides is 2. The van der Waals surface area contributed by atoms with E-state index in [4.69, 9.17) is 11.6 Å². The first-order valence-corrected chi connectivity index (χ1v) is 5.63. The van der Waals surface area contributed by atoms with E-state index in [-0.39, 0.29) is 11.8 Å². The monoisotopic (exact) mass is 287 g/mol. The third-order valence-electron chi connectivity index (χ3n) is 2.28. The zero-order valence-corrected chi connectivity index (χ0v) is 9.88. The Kier molecular flexibility index (Phi) is 2.80. The van der Waals surface area contributed by atoms with Gasteiger partial charge in [-0.05, 0) is 17.7 Å². The van der Waals surface area contributed by atoms with E-state index >= 15 is 0 Å². The fourth-order valence-electron chi connectivity index (χ4n) is 1.57. The van der Waals surface area contributed by atoms with Crippen LogP contribution in [0.1, 0.15) is 11.5 Å². The van der Waals surface area contributed by atoms with Crippen LogP contribution in [0.3, 0.4) is 0 Å². The van der Waals surface area contributed by atoms with Gasteiger partial charge in [0.05, 0.1) is 5.92 Å². The number of halogens is 2. The summed E-state index contributed by atoms with van der Waals surface area (Å²) >= 11 is 9.02. The first kappa shape index (κ1) is 10.6. The smallest absolute Gasteiger partial charge is 0.241 e. The number of carbonyl (C=O) groups excluding carboxylic acids is 2. The molecule has 1 N–H and O–H groups in total. The standard InChI is InChI=1S/C10H7BrClNO2/c11-8-7(9(14)13-10(8)15)5-2-1-3-6(12)4-5/h1-4,7-8H,(H,13,14,15). The molecule has 1 heterocycles. The van der Waals surface area contributed by atoms with Crippen molar-refractivity contribution in [1.29, 1.82) is 0 Å². The maximum absolute atomic E-state index is 11.5. The number of hydrogen-bond acceptors (Lipinski definition) is 2. The molecule has 1 aromatic carbocycles. The highest BCUT2D eigenvalue weighted by molar-refractivity contribution is 9.10. The molecule has 2 rings (SSSR count). The Balaban J connectivity index is 2.39. The van der Waals surface area contributed by atoms with Crippen molar-refractivity contribution in [3.63, 3.8) is 0 Å². The van der Waals surface area contributed by atoms with E-state index in [1.54, 1.807) is 24.3 Å². The molecule has 0 saturated carbocycles. The second kappa shape index (κ2) is 3.94. The number of imide groups is 1. The number of nitrogens with one attached hydrogen (secondary N) is 1. The zero-order valence-electron chi connectivity index (χ0n) is 7.54. The number of rotatable bonds is 1. The van der Waals surface area contributed by atoms with Crippen LogP contribution in [-0.2, 0) is 9.59 Å². The van der Waals surface area contributed by atoms with Crippen LogP contribution in [0, 0.1) is 0 Å². The highest BCUT2D eigenvalue weighted by Gasteiger charge is 2.40. The van der Waals surface area contributed by atoms with Crippen LogP contribution in [0.25, 0.3) is 0 Å². The van der Waals surface area contributed by atoms with Crippen molar-refractivity contribution in [2.45, 2.75) is 10.7 Å². The molecule has 0 aromatic heterocycles. The average Bonchev–Trinajstić information content (AvgIpc) is 2.41. The molecule has 1 aromatic rings. The predicted molar refractivity (Wildman–Crippen MR) is 60.1 cm³/mol. The third-order valence-corrected chi connectivity index (χ3v) is 3.46. The topological polar surface area (TPSA) is 46.2 Å². The van der Waals surface area contributed by atoms with Crippen LogP contribution >= 0.6 is 27.5 Å². The first-order valence-electron chi connectivity index (χ1n) is 4.34. The van der Waals surface area contributed by atoms with Crippen LogP contribution < -0.4 is 5.32 Å². The van der Waals surface area contributed by atoms with E-state index in [1.165, 1.54) is 0 Å². The highest BCUT2D eigenvalue weighted by Crippen LogP contribution is 2.31. The van der Waals surface area contributed by atoms with E-state index in [9.17, 15) is 9.59 Å². The van der Waals surface area contributed by atoms with Crippen molar-refractivity contribution in [2.24, 2.45) is 0 Å². The fraction of sp³-hybridized carbons (Fsp3) is 0.200. The Morgan fingerprint density at radius 1 is 1.27 bits per heavy atom. The lowest BCUT2D eigenvalue weighted by molar-refractivity contribution is -0.125. The molecule has 2 atom stereocenters. The van der Waals surface area contributed by atoms with Crippen LogP contribution in [0.15, 0.2) is 24.3 Å². The molecular weight excluding hydrogens is 281 g/mol. The normalized spacial score (nSPS) is 25.5. The molecule has 0 spiro atoms. The Bertz CT molecular complexity index is 435. The zero-order chi connectivity index (χ0) is 11.0. The van der Waals surface area contributed by atoms with Crippen molar-refractivity contribution < 1.29 is 9.59 Å². The third kappa shape index (κ3) is 1.92. The summed E-state index contributed by atoms with van der Waals surface area (Å²) in [5, 5.41) is 2.82. The van der Waals surface area contributed by atoms with E-state index < -0.39 is 10.7 Å². The second-order valence-corrected chi connectivity index (χ2v) is 4.71. The van der Waals surface area contributed by atoms with Gasteiger partial charge in [0, 0.05) is 5.02 Å². The van der Waals surface area contributed by atoms with Gasteiger partial charge in [-0.25, -0.2) is 0 Å². The van der Waals surface area contributed by atoms with Gasteiger partial charge in [0.15, 0.2) is 0 Å². The highest BCUT2D eigenvalue weighted by atomic mass is 79.9. The number of hydrogen-bond donors (Lipinski definition) is 1. The Morgan fingerprint density at radius 3 is 2.53 bits per heavy atom. The van der Waals surface area contributed by atoms with Gasteiger partial charge >= 0.3 is 0 Å². The molecule has 1 fully saturated rings. The molecule has 1 saturated heterocycles. The van der Waals surface area contributed by atoms with Gasteiger partial charge in [0.1, 0.15) is 4.83 Å². The molecule has 1 aliphatic heterocycles. The summed E-state index contributed by atoms with van der Waals surface area (Å²) in [5.41, 5.74) is 0.743. The van der Waals surface area contributed by atoms with Gasteiger partial charge in [-0.2, -0.15) is 0 Å². The first-order chi connectivity index (χ1) is 7.09. The van der Waals surface area contributed by atoms with Gasteiger partial charge in [-0.3, -0.25) is 14.9 Å². The van der Waals surface area contributed by atoms with Crippen LogP contribution in [0.4, 0.5) is 0 Å². The van der Waals surface area contributed by atoms with Crippen LogP contribution in [-0.4, -0.2) is 16.6 Å². The number of benzene rings is 1. The molecule has 0 aliphatic carbocycles. The molecule has 0 bridgehead atoms. The molecule has 0 radical (unpaired) electrons. The van der Waals surface area contributed by atoms with E-state index in [0.29, 0.717) is 5.02 Å². The minimum absolute atomic E-state index is 0.288. The van der Waals surface area contributed by atoms with Crippen molar-refractivity contribution in [2.75, 3.05) is 0 Å². The van der Waals surface area contributed by atoms with E-state index in [1.807, 2.05) is 0 Å². The van der Waals surface area contributed by atoms with Gasteiger partial charge in [0.2, 0.25) is 11.8 Å². The molecule has 2 amide bonds. The predicted octanol–water partition coefficient (Wildman–Crippen LogP) is 1.84. The lowest BCUT2D eigenvalue weighted by atomic mass is 9.98. The average molecular weight is 289 g/mol. The molecule has 5 heteroatoms. The van der Waals surface area contributed by atoms with Crippen LogP contribution in [0.5, 0.6) is 0 Å². The van der Waals surface area contributed by atoms with Crippen LogP contribution in [0.2, 0.25) is 5.02 Å². The fourth-order valence-corrected chi connectivity index (χ4v) is 2.43. The summed E-state index contributed by atoms with van der Waals surface area (Å²) in [6, 6.07) is 6.96. The SMILES string of the molecule is O=C1NC(=O)C(c2cccc(Cl)c2)C1Br. The van der Waals surface area contributed by atoms with E-state index in [2.05, 4.69) is 21.2 Å². The van der Waals surface area contributed by atoms with E-state index in [0.717, 1.165) is 5.56 Å². The lowest BCUT2D eigenvalue weighted by Gasteiger charge is -2.09. The summed E-state index contributed by atoms with van der Waals surface area (Å²) in [7, 11) is 0. The summed E-state index contributed by atoms with van der Waals surface area (Å²) in [4.78, 5) is 22.2. The minimum atomic E-state index is -0.511. The summed E-state index contributed by atoms with van der Waals surface area (Å²) < 4.78 is 0.